The standard InChI is InChI=1S/C16H14N2O4S/c1-23(21,22)18-13-6-4-10(5-7-13)11-2-3-12-9-15(16(19)20)17-14(12)8-11/h2-9,17-18H,1H3,(H,19,20). The number of carbonyl (C=O) groups is 1. The zero-order valence-corrected chi connectivity index (χ0v) is 13.0. The number of aromatic carboxylic acids is 1. The molecule has 0 radical (unpaired) electrons. The molecule has 3 rings (SSSR count). The molecule has 118 valence electrons. The van der Waals surface area contributed by atoms with Gasteiger partial charge in [0.25, 0.3) is 0 Å². The summed E-state index contributed by atoms with van der Waals surface area (Å²) >= 11 is 0. The van der Waals surface area contributed by atoms with Gasteiger partial charge in [-0.05, 0) is 35.4 Å². The molecule has 0 aliphatic carbocycles. The number of nitrogens with one attached hydrogen (secondary N) is 2. The lowest BCUT2D eigenvalue weighted by atomic mass is 10.0. The van der Waals surface area contributed by atoms with Crippen LogP contribution in [0.15, 0.2) is 48.5 Å². The van der Waals surface area contributed by atoms with Crippen LogP contribution in [0.25, 0.3) is 22.0 Å². The number of fused-ring (bicyclic) bond motifs is 1. The predicted molar refractivity (Wildman–Crippen MR) is 89.2 cm³/mol. The first-order chi connectivity index (χ1) is 10.8. The first kappa shape index (κ1) is 15.1. The summed E-state index contributed by atoms with van der Waals surface area (Å²) in [6, 6.07) is 14.1. The summed E-state index contributed by atoms with van der Waals surface area (Å²) in [4.78, 5) is 13.8. The Kier molecular flexibility index (Phi) is 3.57. The number of carboxylic acid groups (broad SMARTS) is 1. The molecule has 0 aliphatic heterocycles. The summed E-state index contributed by atoms with van der Waals surface area (Å²) in [7, 11) is -3.30. The van der Waals surface area contributed by atoms with Gasteiger partial charge in [-0.1, -0.05) is 24.3 Å². The highest BCUT2D eigenvalue weighted by atomic mass is 32.2. The van der Waals surface area contributed by atoms with Crippen LogP contribution in [0.1, 0.15) is 10.5 Å². The number of hydrogen-bond donors (Lipinski definition) is 3. The van der Waals surface area contributed by atoms with Gasteiger partial charge >= 0.3 is 5.97 Å². The van der Waals surface area contributed by atoms with Crippen molar-refractivity contribution in [2.75, 3.05) is 11.0 Å². The summed E-state index contributed by atoms with van der Waals surface area (Å²) in [5, 5.41) is 9.83. The van der Waals surface area contributed by atoms with Crippen molar-refractivity contribution in [2.24, 2.45) is 0 Å². The van der Waals surface area contributed by atoms with Gasteiger partial charge in [-0.2, -0.15) is 0 Å². The maximum atomic E-state index is 11.2. The SMILES string of the molecule is CS(=O)(=O)Nc1ccc(-c2ccc3cc(C(=O)O)[nH]c3c2)cc1. The Morgan fingerprint density at radius 1 is 1.04 bits per heavy atom. The molecule has 7 heteroatoms. The van der Waals surface area contributed by atoms with Gasteiger partial charge in [0.1, 0.15) is 5.69 Å². The average Bonchev–Trinajstić information content (AvgIpc) is 2.89. The average molecular weight is 330 g/mol. The zero-order chi connectivity index (χ0) is 16.6. The molecule has 0 fully saturated rings. The van der Waals surface area contributed by atoms with E-state index in [-0.39, 0.29) is 5.69 Å². The predicted octanol–water partition coefficient (Wildman–Crippen LogP) is 2.90. The van der Waals surface area contributed by atoms with Crippen molar-refractivity contribution >= 4 is 32.6 Å². The minimum absolute atomic E-state index is 0.143. The Morgan fingerprint density at radius 3 is 2.30 bits per heavy atom. The molecule has 0 spiro atoms. The Balaban J connectivity index is 1.94. The molecule has 3 N–H and O–H groups in total. The quantitative estimate of drug-likeness (QED) is 0.685. The van der Waals surface area contributed by atoms with Crippen LogP contribution in [-0.2, 0) is 10.0 Å². The minimum atomic E-state index is -3.30. The van der Waals surface area contributed by atoms with E-state index in [0.717, 1.165) is 28.3 Å². The lowest BCUT2D eigenvalue weighted by Gasteiger charge is -2.06. The van der Waals surface area contributed by atoms with Gasteiger partial charge in [0.2, 0.25) is 10.0 Å². The Hall–Kier alpha value is -2.80. The molecule has 1 heterocycles. The molecule has 23 heavy (non-hydrogen) atoms. The van der Waals surface area contributed by atoms with Gasteiger partial charge in [-0.3, -0.25) is 4.72 Å². The number of sulfonamides is 1. The maximum Gasteiger partial charge on any atom is 0.352 e. The van der Waals surface area contributed by atoms with E-state index in [4.69, 9.17) is 5.11 Å². The lowest BCUT2D eigenvalue weighted by Crippen LogP contribution is -2.09. The van der Waals surface area contributed by atoms with Crippen LogP contribution in [0.5, 0.6) is 0 Å². The zero-order valence-electron chi connectivity index (χ0n) is 12.2. The third kappa shape index (κ3) is 3.35. The van der Waals surface area contributed by atoms with Crippen LogP contribution >= 0.6 is 0 Å². The fraction of sp³-hybridized carbons (Fsp3) is 0.0625. The third-order valence-electron chi connectivity index (χ3n) is 3.37. The highest BCUT2D eigenvalue weighted by molar-refractivity contribution is 7.92. The van der Waals surface area contributed by atoms with E-state index in [1.165, 1.54) is 0 Å². The summed E-state index contributed by atoms with van der Waals surface area (Å²) in [5.74, 6) is -1.00. The molecule has 2 aromatic carbocycles. The molecule has 0 bridgehead atoms. The van der Waals surface area contributed by atoms with Crippen molar-refractivity contribution < 1.29 is 18.3 Å². The first-order valence-electron chi connectivity index (χ1n) is 6.76. The number of anilines is 1. The molecule has 0 amide bonds. The molecule has 0 atom stereocenters. The van der Waals surface area contributed by atoms with Gasteiger partial charge in [-0.25, -0.2) is 13.2 Å². The second kappa shape index (κ2) is 5.44. The normalized spacial score (nSPS) is 11.5. The molecular formula is C16H14N2O4S. The fourth-order valence-corrected chi connectivity index (χ4v) is 2.93. The van der Waals surface area contributed by atoms with Crippen LogP contribution in [0.3, 0.4) is 0 Å². The first-order valence-corrected chi connectivity index (χ1v) is 8.65. The second-order valence-corrected chi connectivity index (χ2v) is 6.99. The molecule has 0 saturated carbocycles. The summed E-state index contributed by atoms with van der Waals surface area (Å²) in [6.07, 6.45) is 1.10. The van der Waals surface area contributed by atoms with Crippen LogP contribution in [0.4, 0.5) is 5.69 Å². The second-order valence-electron chi connectivity index (χ2n) is 5.24. The number of benzene rings is 2. The molecular weight excluding hydrogens is 316 g/mol. The number of H-pyrrole nitrogens is 1. The number of rotatable bonds is 4. The van der Waals surface area contributed by atoms with E-state index in [2.05, 4.69) is 9.71 Å². The van der Waals surface area contributed by atoms with Gasteiger partial charge in [0, 0.05) is 16.6 Å². The summed E-state index contributed by atoms with van der Waals surface area (Å²) < 4.78 is 24.8. The number of carboxylic acids is 1. The van der Waals surface area contributed by atoms with E-state index >= 15 is 0 Å². The van der Waals surface area contributed by atoms with E-state index in [1.54, 1.807) is 30.3 Å². The fourth-order valence-electron chi connectivity index (χ4n) is 2.37. The van der Waals surface area contributed by atoms with Crippen LogP contribution < -0.4 is 4.72 Å². The largest absolute Gasteiger partial charge is 0.477 e. The molecule has 0 unspecified atom stereocenters. The van der Waals surface area contributed by atoms with Crippen molar-refractivity contribution in [1.29, 1.82) is 0 Å². The van der Waals surface area contributed by atoms with Crippen molar-refractivity contribution in [3.8, 4) is 11.1 Å². The summed E-state index contributed by atoms with van der Waals surface area (Å²) in [5.41, 5.74) is 3.17. The molecule has 0 aliphatic rings. The number of hydrogen-bond acceptors (Lipinski definition) is 3. The smallest absolute Gasteiger partial charge is 0.352 e. The van der Waals surface area contributed by atoms with Crippen molar-refractivity contribution in [3.63, 3.8) is 0 Å². The van der Waals surface area contributed by atoms with E-state index in [0.29, 0.717) is 5.69 Å². The monoisotopic (exact) mass is 330 g/mol. The number of aromatic nitrogens is 1. The van der Waals surface area contributed by atoms with E-state index < -0.39 is 16.0 Å². The molecule has 1 aromatic heterocycles. The molecule has 6 nitrogen and oxygen atoms in total. The lowest BCUT2D eigenvalue weighted by molar-refractivity contribution is 0.0691. The van der Waals surface area contributed by atoms with Gasteiger partial charge in [-0.15, -0.1) is 0 Å². The van der Waals surface area contributed by atoms with Crippen LogP contribution in [0.2, 0.25) is 0 Å². The Labute approximate surface area is 132 Å². The van der Waals surface area contributed by atoms with Gasteiger partial charge in [0.15, 0.2) is 0 Å². The highest BCUT2D eigenvalue weighted by Gasteiger charge is 2.08. The van der Waals surface area contributed by atoms with E-state index in [9.17, 15) is 13.2 Å². The minimum Gasteiger partial charge on any atom is -0.477 e. The summed E-state index contributed by atoms with van der Waals surface area (Å²) in [6.45, 7) is 0. The highest BCUT2D eigenvalue weighted by Crippen LogP contribution is 2.26. The number of aromatic amines is 1. The van der Waals surface area contributed by atoms with Crippen molar-refractivity contribution in [2.45, 2.75) is 0 Å². The topological polar surface area (TPSA) is 99.3 Å². The van der Waals surface area contributed by atoms with Crippen LogP contribution in [0, 0.1) is 0 Å². The third-order valence-corrected chi connectivity index (χ3v) is 3.98. The van der Waals surface area contributed by atoms with Gasteiger partial charge < -0.3 is 10.1 Å². The Bertz CT molecular complexity index is 989. The van der Waals surface area contributed by atoms with Crippen molar-refractivity contribution in [1.82, 2.24) is 4.98 Å². The maximum absolute atomic E-state index is 11.2. The van der Waals surface area contributed by atoms with Crippen LogP contribution in [-0.4, -0.2) is 30.7 Å². The Morgan fingerprint density at radius 2 is 1.70 bits per heavy atom. The molecule has 0 saturated heterocycles. The van der Waals surface area contributed by atoms with Crippen molar-refractivity contribution in [3.05, 3.63) is 54.2 Å². The van der Waals surface area contributed by atoms with E-state index in [1.807, 2.05) is 18.2 Å². The molecule has 3 aromatic rings. The van der Waals surface area contributed by atoms with Gasteiger partial charge in [0.05, 0.1) is 6.26 Å².